The van der Waals surface area contributed by atoms with E-state index >= 15 is 0 Å². The average Bonchev–Trinajstić information content (AvgIpc) is 3.60. The lowest BCUT2D eigenvalue weighted by Gasteiger charge is -2.30. The zero-order chi connectivity index (χ0) is 22.1. The van der Waals surface area contributed by atoms with Crippen molar-refractivity contribution < 1.29 is 4.42 Å². The number of thiophene rings is 1. The first kappa shape index (κ1) is 19.5. The van der Waals surface area contributed by atoms with Gasteiger partial charge in [0.1, 0.15) is 0 Å². The highest BCUT2D eigenvalue weighted by atomic mass is 32.1. The zero-order valence-corrected chi connectivity index (χ0v) is 18.3. The number of hydrogen-bond acceptors (Lipinski definition) is 6. The first-order valence-electron chi connectivity index (χ1n) is 10.6. The van der Waals surface area contributed by atoms with Crippen LogP contribution in [0.2, 0.25) is 0 Å². The van der Waals surface area contributed by atoms with E-state index in [1.54, 1.807) is 17.5 Å². The van der Waals surface area contributed by atoms with Gasteiger partial charge < -0.3 is 4.42 Å². The van der Waals surface area contributed by atoms with Crippen LogP contribution in [0.3, 0.4) is 0 Å². The number of para-hydroxylation sites is 1. The van der Waals surface area contributed by atoms with E-state index in [0.717, 1.165) is 32.6 Å². The van der Waals surface area contributed by atoms with E-state index in [1.165, 1.54) is 0 Å². The van der Waals surface area contributed by atoms with Gasteiger partial charge in [0.05, 0.1) is 11.2 Å². The number of fused-ring (bicyclic) bond motifs is 1. The van der Waals surface area contributed by atoms with Gasteiger partial charge in [-0.1, -0.05) is 48.5 Å². The van der Waals surface area contributed by atoms with Gasteiger partial charge in [-0.25, -0.2) is 0 Å². The minimum Gasteiger partial charge on any atom is -0.419 e. The Labute approximate surface area is 194 Å². The van der Waals surface area contributed by atoms with Crippen molar-refractivity contribution in [1.29, 1.82) is 0 Å². The van der Waals surface area contributed by atoms with Crippen molar-refractivity contribution in [2.45, 2.75) is 5.41 Å². The van der Waals surface area contributed by atoms with Gasteiger partial charge in [-0.2, -0.15) is 0 Å². The van der Waals surface area contributed by atoms with Gasteiger partial charge in [0, 0.05) is 28.2 Å². The standard InChI is InChI=1S/C27H18N4OS/c1-2-9-19(10-3-1)25-30-31-26(32-25)27(24-14-8-18-33-24,23-13-6-7-16-29-23)21-15-17-28-22-12-5-4-11-20(21)22/h1-18H. The second kappa shape index (κ2) is 8.07. The minimum atomic E-state index is -0.891. The number of pyridine rings is 2. The van der Waals surface area contributed by atoms with Gasteiger partial charge in [0.25, 0.3) is 0 Å². The van der Waals surface area contributed by atoms with Crippen LogP contribution in [0.25, 0.3) is 22.4 Å². The molecule has 0 N–H and O–H groups in total. The topological polar surface area (TPSA) is 64.7 Å². The Morgan fingerprint density at radius 3 is 2.36 bits per heavy atom. The highest BCUT2D eigenvalue weighted by molar-refractivity contribution is 7.10. The predicted molar refractivity (Wildman–Crippen MR) is 129 cm³/mol. The first-order valence-corrected chi connectivity index (χ1v) is 11.4. The van der Waals surface area contributed by atoms with Gasteiger partial charge in [-0.3, -0.25) is 9.97 Å². The van der Waals surface area contributed by atoms with Crippen LogP contribution >= 0.6 is 11.3 Å². The number of nitrogens with zero attached hydrogens (tertiary/aromatic N) is 4. The Hall–Kier alpha value is -4.16. The van der Waals surface area contributed by atoms with Crippen LogP contribution < -0.4 is 0 Å². The summed E-state index contributed by atoms with van der Waals surface area (Å²) in [4.78, 5) is 10.4. The fraction of sp³-hybridized carbons (Fsp3) is 0.0370. The fourth-order valence-corrected chi connectivity index (χ4v) is 5.24. The second-order valence-corrected chi connectivity index (χ2v) is 8.54. The lowest BCUT2D eigenvalue weighted by atomic mass is 9.74. The van der Waals surface area contributed by atoms with Crippen molar-refractivity contribution in [3.05, 3.63) is 131 Å². The third-order valence-corrected chi connectivity index (χ3v) is 6.75. The summed E-state index contributed by atoms with van der Waals surface area (Å²) in [6, 6.07) is 30.0. The Kier molecular flexibility index (Phi) is 4.78. The monoisotopic (exact) mass is 446 g/mol. The molecule has 6 rings (SSSR count). The molecular weight excluding hydrogens is 428 g/mol. The van der Waals surface area contributed by atoms with Gasteiger partial charge in [-0.15, -0.1) is 21.5 Å². The Morgan fingerprint density at radius 1 is 0.697 bits per heavy atom. The summed E-state index contributed by atoms with van der Waals surface area (Å²) in [7, 11) is 0. The highest BCUT2D eigenvalue weighted by Crippen LogP contribution is 2.47. The fourth-order valence-electron chi connectivity index (χ4n) is 4.30. The minimum absolute atomic E-state index is 0.471. The van der Waals surface area contributed by atoms with Crippen molar-refractivity contribution in [3.63, 3.8) is 0 Å². The normalized spacial score (nSPS) is 13.1. The Bertz CT molecular complexity index is 1510. The molecule has 4 heterocycles. The van der Waals surface area contributed by atoms with Crippen LogP contribution in [0.4, 0.5) is 0 Å². The number of benzene rings is 2. The van der Waals surface area contributed by atoms with Crippen LogP contribution in [-0.2, 0) is 5.41 Å². The molecule has 6 aromatic rings. The van der Waals surface area contributed by atoms with Crippen molar-refractivity contribution >= 4 is 22.2 Å². The molecule has 2 aromatic carbocycles. The van der Waals surface area contributed by atoms with Gasteiger partial charge in [0.15, 0.2) is 5.41 Å². The van der Waals surface area contributed by atoms with Gasteiger partial charge in [0.2, 0.25) is 11.8 Å². The molecule has 1 atom stereocenters. The third kappa shape index (κ3) is 3.15. The Morgan fingerprint density at radius 2 is 1.55 bits per heavy atom. The van der Waals surface area contributed by atoms with E-state index < -0.39 is 5.41 Å². The predicted octanol–water partition coefficient (Wildman–Crippen LogP) is 6.12. The molecule has 0 aliphatic heterocycles. The zero-order valence-electron chi connectivity index (χ0n) is 17.5. The van der Waals surface area contributed by atoms with Crippen molar-refractivity contribution in [1.82, 2.24) is 20.2 Å². The van der Waals surface area contributed by atoms with Crippen LogP contribution in [-0.4, -0.2) is 20.2 Å². The maximum Gasteiger partial charge on any atom is 0.247 e. The molecule has 0 spiro atoms. The van der Waals surface area contributed by atoms with E-state index in [0.29, 0.717) is 11.8 Å². The van der Waals surface area contributed by atoms with Crippen LogP contribution in [0.5, 0.6) is 0 Å². The molecule has 1 unspecified atom stereocenters. The molecule has 33 heavy (non-hydrogen) atoms. The number of hydrogen-bond donors (Lipinski definition) is 0. The number of rotatable bonds is 5. The van der Waals surface area contributed by atoms with Crippen molar-refractivity contribution in [2.75, 3.05) is 0 Å². The molecule has 0 bridgehead atoms. The molecule has 0 saturated carbocycles. The maximum absolute atomic E-state index is 6.44. The highest BCUT2D eigenvalue weighted by Gasteiger charge is 2.47. The van der Waals surface area contributed by atoms with Gasteiger partial charge >= 0.3 is 0 Å². The quantitative estimate of drug-likeness (QED) is 0.319. The third-order valence-electron chi connectivity index (χ3n) is 5.76. The maximum atomic E-state index is 6.44. The average molecular weight is 447 g/mol. The van der Waals surface area contributed by atoms with Crippen LogP contribution in [0.1, 0.15) is 22.0 Å². The van der Waals surface area contributed by atoms with Crippen LogP contribution in [0, 0.1) is 0 Å². The molecule has 6 heteroatoms. The largest absolute Gasteiger partial charge is 0.419 e. The van der Waals surface area contributed by atoms with E-state index in [1.807, 2.05) is 85.1 Å². The molecule has 0 radical (unpaired) electrons. The van der Waals surface area contributed by atoms with Crippen molar-refractivity contribution in [2.24, 2.45) is 0 Å². The summed E-state index contributed by atoms with van der Waals surface area (Å²) >= 11 is 1.64. The summed E-state index contributed by atoms with van der Waals surface area (Å²) in [5.41, 5.74) is 2.69. The van der Waals surface area contributed by atoms with E-state index in [2.05, 4.69) is 32.7 Å². The summed E-state index contributed by atoms with van der Waals surface area (Å²) in [6.45, 7) is 0. The van der Waals surface area contributed by atoms with E-state index in [-0.39, 0.29) is 0 Å². The molecule has 0 saturated heterocycles. The molecule has 0 aliphatic carbocycles. The lowest BCUT2D eigenvalue weighted by molar-refractivity contribution is 0.454. The second-order valence-electron chi connectivity index (χ2n) is 7.60. The molecule has 5 nitrogen and oxygen atoms in total. The molecule has 158 valence electrons. The van der Waals surface area contributed by atoms with Crippen molar-refractivity contribution in [3.8, 4) is 11.5 Å². The summed E-state index contributed by atoms with van der Waals surface area (Å²) < 4.78 is 6.44. The van der Waals surface area contributed by atoms with E-state index in [9.17, 15) is 0 Å². The van der Waals surface area contributed by atoms with Crippen LogP contribution in [0.15, 0.2) is 113 Å². The molecule has 0 aliphatic rings. The molecular formula is C27H18N4OS. The molecule has 4 aromatic heterocycles. The SMILES string of the molecule is c1ccc(-c2nnc(C(c3ccccn3)(c3cccs3)c3ccnc4ccccc34)o2)cc1. The lowest BCUT2D eigenvalue weighted by Crippen LogP contribution is -2.32. The Balaban J connectivity index is 1.72. The molecule has 0 amide bonds. The number of aromatic nitrogens is 4. The van der Waals surface area contributed by atoms with Gasteiger partial charge in [-0.05, 0) is 53.4 Å². The summed E-state index contributed by atoms with van der Waals surface area (Å²) in [6.07, 6.45) is 3.63. The molecule has 0 fully saturated rings. The van der Waals surface area contributed by atoms with E-state index in [4.69, 9.17) is 9.40 Å². The summed E-state index contributed by atoms with van der Waals surface area (Å²) in [5.74, 6) is 0.944. The first-order chi connectivity index (χ1) is 16.4. The summed E-state index contributed by atoms with van der Waals surface area (Å²) in [5, 5.41) is 12.1. The smallest absolute Gasteiger partial charge is 0.247 e.